The molecule has 0 saturated carbocycles. The van der Waals surface area contributed by atoms with E-state index >= 15 is 0 Å². The normalized spacial score (nSPS) is 13.0. The molecule has 4 nitrogen and oxygen atoms in total. The third kappa shape index (κ3) is 2.84. The van der Waals surface area contributed by atoms with Crippen LogP contribution in [0.25, 0.3) is 0 Å². The van der Waals surface area contributed by atoms with Gasteiger partial charge in [-0.25, -0.2) is 0 Å². The van der Waals surface area contributed by atoms with Gasteiger partial charge in [0.25, 0.3) is 5.70 Å². The van der Waals surface area contributed by atoms with Crippen LogP contribution in [0.1, 0.15) is 13.8 Å². The van der Waals surface area contributed by atoms with Crippen LogP contribution >= 0.6 is 0 Å². The van der Waals surface area contributed by atoms with E-state index in [0.29, 0.717) is 0 Å². The van der Waals surface area contributed by atoms with Crippen molar-refractivity contribution in [1.82, 2.24) is 0 Å². The SMILES string of the molecule is C/C=C\C(OC)=C(/C)[N+](=O)[O-]. The summed E-state index contributed by atoms with van der Waals surface area (Å²) in [5, 5.41) is 10.2. The molecule has 0 aromatic carbocycles. The summed E-state index contributed by atoms with van der Waals surface area (Å²) >= 11 is 0. The van der Waals surface area contributed by atoms with Gasteiger partial charge in [0.1, 0.15) is 0 Å². The number of hydrogen-bond donors (Lipinski definition) is 0. The highest BCUT2D eigenvalue weighted by molar-refractivity contribution is 5.13. The maximum Gasteiger partial charge on any atom is 0.284 e. The first-order valence-electron chi connectivity index (χ1n) is 3.15. The van der Waals surface area contributed by atoms with Gasteiger partial charge in [0.05, 0.1) is 12.0 Å². The molecule has 62 valence electrons. The lowest BCUT2D eigenvalue weighted by Gasteiger charge is -1.98. The number of ether oxygens (including phenoxy) is 1. The van der Waals surface area contributed by atoms with E-state index in [-0.39, 0.29) is 11.5 Å². The molecule has 0 unspecified atom stereocenters. The van der Waals surface area contributed by atoms with Crippen LogP contribution in [0.4, 0.5) is 0 Å². The zero-order chi connectivity index (χ0) is 8.85. The zero-order valence-corrected chi connectivity index (χ0v) is 6.83. The van der Waals surface area contributed by atoms with E-state index in [9.17, 15) is 10.1 Å². The van der Waals surface area contributed by atoms with Gasteiger partial charge in [-0.15, -0.1) is 0 Å². The fourth-order valence-electron chi connectivity index (χ4n) is 0.578. The molecule has 0 bridgehead atoms. The van der Waals surface area contributed by atoms with E-state index in [1.165, 1.54) is 14.0 Å². The summed E-state index contributed by atoms with van der Waals surface area (Å²) in [5.74, 6) is 0.289. The van der Waals surface area contributed by atoms with Gasteiger partial charge in [-0.05, 0) is 13.0 Å². The Hall–Kier alpha value is -1.32. The molecule has 0 rings (SSSR count). The predicted octanol–water partition coefficient (Wildman–Crippen LogP) is 1.72. The van der Waals surface area contributed by atoms with Crippen molar-refractivity contribution in [3.05, 3.63) is 33.7 Å². The number of nitrogens with zero attached hydrogens (tertiary/aromatic N) is 1. The maximum absolute atomic E-state index is 10.2. The van der Waals surface area contributed by atoms with Crippen molar-refractivity contribution in [2.45, 2.75) is 13.8 Å². The lowest BCUT2D eigenvalue weighted by molar-refractivity contribution is -0.427. The molecule has 0 amide bonds. The molecule has 0 aromatic rings. The molecule has 0 saturated heterocycles. The summed E-state index contributed by atoms with van der Waals surface area (Å²) in [5.41, 5.74) is 0.0191. The molecule has 4 heteroatoms. The molecule has 0 aromatic heterocycles. The quantitative estimate of drug-likeness (QED) is 0.271. The fraction of sp³-hybridized carbons (Fsp3) is 0.429. The highest BCUT2D eigenvalue weighted by atomic mass is 16.6. The minimum Gasteiger partial charge on any atom is -0.490 e. The monoisotopic (exact) mass is 157 g/mol. The first-order chi connectivity index (χ1) is 5.13. The zero-order valence-electron chi connectivity index (χ0n) is 6.83. The molecular weight excluding hydrogens is 146 g/mol. The van der Waals surface area contributed by atoms with E-state index in [1.54, 1.807) is 19.1 Å². The Morgan fingerprint density at radius 1 is 1.64 bits per heavy atom. The van der Waals surface area contributed by atoms with Crippen LogP contribution in [0.15, 0.2) is 23.6 Å². The van der Waals surface area contributed by atoms with E-state index < -0.39 is 4.92 Å². The van der Waals surface area contributed by atoms with E-state index in [4.69, 9.17) is 4.74 Å². The molecular formula is C7H11NO3. The maximum atomic E-state index is 10.2. The van der Waals surface area contributed by atoms with E-state index in [0.717, 1.165) is 0 Å². The average Bonchev–Trinajstić information content (AvgIpc) is 1.98. The average molecular weight is 157 g/mol. The van der Waals surface area contributed by atoms with Crippen molar-refractivity contribution in [3.63, 3.8) is 0 Å². The summed E-state index contributed by atoms with van der Waals surface area (Å²) in [6, 6.07) is 0. The summed E-state index contributed by atoms with van der Waals surface area (Å²) in [6.45, 7) is 3.17. The van der Waals surface area contributed by atoms with Crippen molar-refractivity contribution in [2.75, 3.05) is 7.11 Å². The lowest BCUT2D eigenvalue weighted by Crippen LogP contribution is -1.99. The highest BCUT2D eigenvalue weighted by Crippen LogP contribution is 2.06. The molecule has 0 fully saturated rings. The third-order valence-electron chi connectivity index (χ3n) is 1.17. The van der Waals surface area contributed by atoms with E-state index in [2.05, 4.69) is 0 Å². The van der Waals surface area contributed by atoms with Crippen LogP contribution in [-0.2, 0) is 4.74 Å². The molecule has 0 aliphatic carbocycles. The minimum absolute atomic E-state index is 0.0191. The van der Waals surface area contributed by atoms with Crippen molar-refractivity contribution < 1.29 is 9.66 Å². The largest absolute Gasteiger partial charge is 0.490 e. The van der Waals surface area contributed by atoms with E-state index in [1.807, 2.05) is 0 Å². The second-order valence-electron chi connectivity index (χ2n) is 1.91. The predicted molar refractivity (Wildman–Crippen MR) is 41.5 cm³/mol. The summed E-state index contributed by atoms with van der Waals surface area (Å²) in [7, 11) is 1.41. The third-order valence-corrected chi connectivity index (χ3v) is 1.17. The van der Waals surface area contributed by atoms with Crippen molar-refractivity contribution in [3.8, 4) is 0 Å². The lowest BCUT2D eigenvalue weighted by atomic mass is 10.3. The van der Waals surface area contributed by atoms with Gasteiger partial charge in [0.15, 0.2) is 5.76 Å². The molecule has 0 radical (unpaired) electrons. The first kappa shape index (κ1) is 9.68. The Labute approximate surface area is 65.3 Å². The number of rotatable bonds is 3. The Morgan fingerprint density at radius 2 is 2.18 bits per heavy atom. The van der Waals surface area contributed by atoms with Crippen LogP contribution in [-0.4, -0.2) is 12.0 Å². The number of nitro groups is 1. The standard InChI is InChI=1S/C7H11NO3/c1-4-5-7(11-3)6(2)8(9)10/h4-5H,1-3H3/b5-4-,7-6-. The van der Waals surface area contributed by atoms with Gasteiger partial charge in [-0.2, -0.15) is 0 Å². The number of methoxy groups -OCH3 is 1. The molecule has 0 aliphatic rings. The van der Waals surface area contributed by atoms with Crippen LogP contribution in [0.3, 0.4) is 0 Å². The second-order valence-corrected chi connectivity index (χ2v) is 1.91. The fourth-order valence-corrected chi connectivity index (χ4v) is 0.578. The minimum atomic E-state index is -0.473. The molecule has 0 heterocycles. The van der Waals surface area contributed by atoms with Crippen LogP contribution in [0.5, 0.6) is 0 Å². The van der Waals surface area contributed by atoms with Crippen LogP contribution in [0, 0.1) is 10.1 Å². The second kappa shape index (κ2) is 4.49. The molecule has 0 spiro atoms. The number of hydrogen-bond acceptors (Lipinski definition) is 3. The van der Waals surface area contributed by atoms with Crippen molar-refractivity contribution in [1.29, 1.82) is 0 Å². The molecule has 0 N–H and O–H groups in total. The summed E-state index contributed by atoms with van der Waals surface area (Å²) in [4.78, 5) is 9.73. The molecule has 0 atom stereocenters. The Kier molecular flexibility index (Phi) is 3.95. The Morgan fingerprint density at radius 3 is 2.45 bits per heavy atom. The van der Waals surface area contributed by atoms with Gasteiger partial charge in [0.2, 0.25) is 0 Å². The van der Waals surface area contributed by atoms with Crippen molar-refractivity contribution >= 4 is 0 Å². The van der Waals surface area contributed by atoms with Crippen molar-refractivity contribution in [2.24, 2.45) is 0 Å². The smallest absolute Gasteiger partial charge is 0.284 e. The summed E-state index contributed by atoms with van der Waals surface area (Å²) < 4.78 is 4.76. The van der Waals surface area contributed by atoms with Gasteiger partial charge in [0, 0.05) is 6.92 Å². The Balaban J connectivity index is 4.67. The van der Waals surface area contributed by atoms with Gasteiger partial charge < -0.3 is 4.74 Å². The van der Waals surface area contributed by atoms with Gasteiger partial charge >= 0.3 is 0 Å². The highest BCUT2D eigenvalue weighted by Gasteiger charge is 2.09. The first-order valence-corrected chi connectivity index (χ1v) is 3.15. The van der Waals surface area contributed by atoms with Crippen LogP contribution in [0.2, 0.25) is 0 Å². The molecule has 11 heavy (non-hydrogen) atoms. The summed E-state index contributed by atoms with van der Waals surface area (Å²) in [6.07, 6.45) is 3.24. The Bertz CT molecular complexity index is 206. The van der Waals surface area contributed by atoms with Gasteiger partial charge in [-0.1, -0.05) is 6.08 Å². The van der Waals surface area contributed by atoms with Crippen LogP contribution < -0.4 is 0 Å². The topological polar surface area (TPSA) is 52.4 Å². The molecule has 0 aliphatic heterocycles. The van der Waals surface area contributed by atoms with Gasteiger partial charge in [-0.3, -0.25) is 10.1 Å². The number of allylic oxidation sites excluding steroid dienone is 3.